The summed E-state index contributed by atoms with van der Waals surface area (Å²) < 4.78 is 5.60. The smallest absolute Gasteiger partial charge is 0.326 e. The van der Waals surface area contributed by atoms with Crippen molar-refractivity contribution in [3.63, 3.8) is 0 Å². The van der Waals surface area contributed by atoms with Crippen LogP contribution in [0.1, 0.15) is 52.9 Å². The van der Waals surface area contributed by atoms with Gasteiger partial charge in [0.15, 0.2) is 0 Å². The number of nitrogens with zero attached hydrogens (tertiary/aromatic N) is 1. The summed E-state index contributed by atoms with van der Waals surface area (Å²) in [5, 5.41) is 0. The van der Waals surface area contributed by atoms with E-state index in [1.807, 2.05) is 0 Å². The highest BCUT2D eigenvalue weighted by Gasteiger charge is 2.59. The molecular weight excluding hydrogens is 330 g/mol. The molecule has 26 heavy (non-hydrogen) atoms. The summed E-state index contributed by atoms with van der Waals surface area (Å²) in [5.74, 6) is -0.270. The highest BCUT2D eigenvalue weighted by molar-refractivity contribution is 6.08. The van der Waals surface area contributed by atoms with Crippen LogP contribution in [0.25, 0.3) is 0 Å². The summed E-state index contributed by atoms with van der Waals surface area (Å²) in [4.78, 5) is 38.8. The lowest BCUT2D eigenvalue weighted by Crippen LogP contribution is -2.39. The molecule has 1 aliphatic heterocycles. The summed E-state index contributed by atoms with van der Waals surface area (Å²) in [6.45, 7) is 6.55. The van der Waals surface area contributed by atoms with Crippen LogP contribution in [0, 0.1) is 35.0 Å². The van der Waals surface area contributed by atoms with Gasteiger partial charge in [0.05, 0.1) is 11.8 Å². The second kappa shape index (κ2) is 6.21. The Balaban J connectivity index is 1.31. The van der Waals surface area contributed by atoms with Crippen LogP contribution < -0.4 is 0 Å². The second-order valence-electron chi connectivity index (χ2n) is 9.59. The summed E-state index contributed by atoms with van der Waals surface area (Å²) in [7, 11) is 0. The van der Waals surface area contributed by atoms with Gasteiger partial charge in [0, 0.05) is 0 Å². The SMILES string of the molecule is CC(C)(C)C1CCC(OC(=O)CN2C(=O)C3C4C=CC(C4)C3C2=O)CC1. The number of hydrogen-bond donors (Lipinski definition) is 0. The van der Waals surface area contributed by atoms with E-state index in [9.17, 15) is 14.4 Å². The van der Waals surface area contributed by atoms with E-state index in [2.05, 4.69) is 32.9 Å². The van der Waals surface area contributed by atoms with Crippen molar-refractivity contribution in [3.8, 4) is 0 Å². The number of carbonyl (C=O) groups is 3. The minimum absolute atomic E-state index is 0.0775. The molecule has 0 aromatic rings. The molecule has 1 saturated heterocycles. The van der Waals surface area contributed by atoms with Gasteiger partial charge in [-0.3, -0.25) is 19.3 Å². The molecule has 3 fully saturated rings. The molecule has 3 aliphatic carbocycles. The molecule has 2 saturated carbocycles. The van der Waals surface area contributed by atoms with E-state index in [4.69, 9.17) is 4.74 Å². The molecule has 4 rings (SSSR count). The summed E-state index contributed by atoms with van der Waals surface area (Å²) in [6, 6.07) is 0. The van der Waals surface area contributed by atoms with Gasteiger partial charge in [-0.2, -0.15) is 0 Å². The Kier molecular flexibility index (Phi) is 4.24. The predicted octanol–water partition coefficient (Wildman–Crippen LogP) is 2.94. The third-order valence-electron chi connectivity index (χ3n) is 7.05. The van der Waals surface area contributed by atoms with Crippen LogP contribution in [-0.4, -0.2) is 35.3 Å². The molecule has 2 amide bonds. The monoisotopic (exact) mass is 359 g/mol. The molecule has 0 radical (unpaired) electrons. The van der Waals surface area contributed by atoms with E-state index >= 15 is 0 Å². The predicted molar refractivity (Wildman–Crippen MR) is 95.7 cm³/mol. The fourth-order valence-corrected chi connectivity index (χ4v) is 5.52. The number of imide groups is 1. The van der Waals surface area contributed by atoms with E-state index in [0.29, 0.717) is 5.92 Å². The lowest BCUT2D eigenvalue weighted by Gasteiger charge is -2.36. The number of esters is 1. The first-order valence-corrected chi connectivity index (χ1v) is 9.98. The molecule has 0 N–H and O–H groups in total. The molecular formula is C21H29NO4. The molecule has 4 unspecified atom stereocenters. The van der Waals surface area contributed by atoms with Crippen molar-refractivity contribution in [2.45, 2.75) is 59.0 Å². The lowest BCUT2D eigenvalue weighted by atomic mass is 9.72. The molecule has 2 bridgehead atoms. The van der Waals surface area contributed by atoms with Crippen molar-refractivity contribution in [1.82, 2.24) is 4.90 Å². The Morgan fingerprint density at radius 2 is 1.58 bits per heavy atom. The third-order valence-corrected chi connectivity index (χ3v) is 7.05. The van der Waals surface area contributed by atoms with Gasteiger partial charge >= 0.3 is 5.97 Å². The number of hydrogen-bond acceptors (Lipinski definition) is 4. The second-order valence-corrected chi connectivity index (χ2v) is 9.59. The number of fused-ring (bicyclic) bond motifs is 5. The zero-order valence-electron chi connectivity index (χ0n) is 15.9. The van der Waals surface area contributed by atoms with Gasteiger partial charge in [-0.05, 0) is 55.3 Å². The Morgan fingerprint density at radius 1 is 1.04 bits per heavy atom. The number of ether oxygens (including phenoxy) is 1. The zero-order valence-corrected chi connectivity index (χ0v) is 15.9. The Morgan fingerprint density at radius 3 is 2.08 bits per heavy atom. The van der Waals surface area contributed by atoms with Crippen LogP contribution >= 0.6 is 0 Å². The van der Waals surface area contributed by atoms with E-state index in [0.717, 1.165) is 37.0 Å². The number of likely N-dealkylation sites (tertiary alicyclic amines) is 1. The van der Waals surface area contributed by atoms with E-state index < -0.39 is 5.97 Å². The standard InChI is InChI=1S/C21H29NO4/c1-21(2,3)14-6-8-15(9-7-14)26-16(23)11-22-19(24)17-12-4-5-13(10-12)18(17)20(22)25/h4-5,12-15,17-18H,6-11H2,1-3H3. The Labute approximate surface area is 155 Å². The first-order chi connectivity index (χ1) is 12.3. The molecule has 5 heteroatoms. The summed E-state index contributed by atoms with van der Waals surface area (Å²) in [6.07, 6.45) is 8.81. The van der Waals surface area contributed by atoms with Crippen molar-refractivity contribution in [1.29, 1.82) is 0 Å². The van der Waals surface area contributed by atoms with Crippen LogP contribution in [0.5, 0.6) is 0 Å². The molecule has 4 atom stereocenters. The van der Waals surface area contributed by atoms with Crippen molar-refractivity contribution in [2.75, 3.05) is 6.54 Å². The molecule has 0 aromatic heterocycles. The third kappa shape index (κ3) is 2.89. The van der Waals surface area contributed by atoms with Crippen molar-refractivity contribution < 1.29 is 19.1 Å². The average Bonchev–Trinajstić information content (AvgIpc) is 3.24. The molecule has 0 aromatic carbocycles. The summed E-state index contributed by atoms with van der Waals surface area (Å²) >= 11 is 0. The van der Waals surface area contributed by atoms with Gasteiger partial charge in [-0.1, -0.05) is 32.9 Å². The molecule has 4 aliphatic rings. The first-order valence-electron chi connectivity index (χ1n) is 9.98. The van der Waals surface area contributed by atoms with Crippen LogP contribution in [0.3, 0.4) is 0 Å². The van der Waals surface area contributed by atoms with Gasteiger partial charge in [0.2, 0.25) is 11.8 Å². The molecule has 0 spiro atoms. The number of allylic oxidation sites excluding steroid dienone is 2. The van der Waals surface area contributed by atoms with Crippen LogP contribution in [-0.2, 0) is 19.1 Å². The van der Waals surface area contributed by atoms with Gasteiger partial charge in [0.1, 0.15) is 12.6 Å². The highest BCUT2D eigenvalue weighted by Crippen LogP contribution is 2.52. The number of amides is 2. The Bertz CT molecular complexity index is 623. The fourth-order valence-electron chi connectivity index (χ4n) is 5.52. The minimum atomic E-state index is -0.439. The normalized spacial score (nSPS) is 38.8. The first kappa shape index (κ1) is 17.7. The maximum atomic E-state index is 12.6. The lowest BCUT2D eigenvalue weighted by molar-refractivity contribution is -0.158. The fraction of sp³-hybridized carbons (Fsp3) is 0.762. The van der Waals surface area contributed by atoms with Crippen molar-refractivity contribution in [3.05, 3.63) is 12.2 Å². The van der Waals surface area contributed by atoms with Gasteiger partial charge in [-0.15, -0.1) is 0 Å². The Hall–Kier alpha value is -1.65. The van der Waals surface area contributed by atoms with Crippen LogP contribution in [0.15, 0.2) is 12.2 Å². The van der Waals surface area contributed by atoms with Crippen LogP contribution in [0.4, 0.5) is 0 Å². The molecule has 142 valence electrons. The number of carbonyl (C=O) groups excluding carboxylic acids is 3. The number of rotatable bonds is 3. The summed E-state index contributed by atoms with van der Waals surface area (Å²) in [5.41, 5.74) is 0.286. The topological polar surface area (TPSA) is 63.7 Å². The minimum Gasteiger partial charge on any atom is -0.461 e. The van der Waals surface area contributed by atoms with Crippen molar-refractivity contribution >= 4 is 17.8 Å². The van der Waals surface area contributed by atoms with Crippen LogP contribution in [0.2, 0.25) is 0 Å². The maximum Gasteiger partial charge on any atom is 0.326 e. The average molecular weight is 359 g/mol. The van der Waals surface area contributed by atoms with Crippen molar-refractivity contribution in [2.24, 2.45) is 35.0 Å². The maximum absolute atomic E-state index is 12.6. The van der Waals surface area contributed by atoms with E-state index in [1.54, 1.807) is 0 Å². The van der Waals surface area contributed by atoms with Gasteiger partial charge in [0.25, 0.3) is 0 Å². The molecule has 1 heterocycles. The largest absolute Gasteiger partial charge is 0.461 e. The van der Waals surface area contributed by atoms with Gasteiger partial charge in [-0.25, -0.2) is 0 Å². The van der Waals surface area contributed by atoms with Gasteiger partial charge < -0.3 is 4.74 Å². The highest BCUT2D eigenvalue weighted by atomic mass is 16.5. The quantitative estimate of drug-likeness (QED) is 0.441. The zero-order chi connectivity index (χ0) is 18.6. The van der Waals surface area contributed by atoms with E-state index in [1.165, 1.54) is 0 Å². The molecule has 5 nitrogen and oxygen atoms in total. The van der Waals surface area contributed by atoms with E-state index in [-0.39, 0.29) is 53.5 Å².